The Hall–Kier alpha value is -2.35. The third-order valence-electron chi connectivity index (χ3n) is 4.40. The average Bonchev–Trinajstić information content (AvgIpc) is 2.64. The number of carbonyl (C=O) groups is 1. The summed E-state index contributed by atoms with van der Waals surface area (Å²) in [6.07, 6.45) is 1.40. The maximum atomic E-state index is 12.8. The quantitative estimate of drug-likeness (QED) is 0.439. The average molecular weight is 461 g/mol. The summed E-state index contributed by atoms with van der Waals surface area (Å²) in [5.74, 6) is 0.0610. The van der Waals surface area contributed by atoms with Crippen LogP contribution in [-0.2, 0) is 11.3 Å². The minimum atomic E-state index is -0.591. The SMILES string of the molecule is CCOC(=O)c1cn2c3c(cc(I)cc3c1=O)OC(c1ccccc1)C2. The minimum Gasteiger partial charge on any atom is -0.482 e. The van der Waals surface area contributed by atoms with Crippen LogP contribution in [0.4, 0.5) is 0 Å². The summed E-state index contributed by atoms with van der Waals surface area (Å²) in [6, 6.07) is 13.6. The van der Waals surface area contributed by atoms with Crippen LogP contribution in [0.15, 0.2) is 53.5 Å². The van der Waals surface area contributed by atoms with Gasteiger partial charge in [-0.1, -0.05) is 30.3 Å². The van der Waals surface area contributed by atoms with Gasteiger partial charge in [-0.2, -0.15) is 0 Å². The smallest absolute Gasteiger partial charge is 0.343 e. The number of hydrogen-bond acceptors (Lipinski definition) is 4. The Labute approximate surface area is 163 Å². The molecule has 2 heterocycles. The Balaban J connectivity index is 1.92. The normalized spacial score (nSPS) is 15.5. The molecular formula is C20H16INO4. The van der Waals surface area contributed by atoms with Crippen molar-refractivity contribution in [3.05, 3.63) is 73.6 Å². The molecule has 0 spiro atoms. The molecule has 1 atom stereocenters. The van der Waals surface area contributed by atoms with Crippen LogP contribution in [0.3, 0.4) is 0 Å². The van der Waals surface area contributed by atoms with Gasteiger partial charge in [0.2, 0.25) is 5.43 Å². The van der Waals surface area contributed by atoms with Crippen molar-refractivity contribution in [3.63, 3.8) is 0 Å². The fourth-order valence-corrected chi connectivity index (χ4v) is 3.86. The zero-order chi connectivity index (χ0) is 18.3. The molecule has 0 bridgehead atoms. The van der Waals surface area contributed by atoms with Crippen molar-refractivity contribution in [2.24, 2.45) is 0 Å². The van der Waals surface area contributed by atoms with Gasteiger partial charge in [0.15, 0.2) is 0 Å². The molecule has 26 heavy (non-hydrogen) atoms. The van der Waals surface area contributed by atoms with Crippen LogP contribution in [-0.4, -0.2) is 17.1 Å². The topological polar surface area (TPSA) is 57.5 Å². The highest BCUT2D eigenvalue weighted by molar-refractivity contribution is 14.1. The van der Waals surface area contributed by atoms with Crippen molar-refractivity contribution >= 4 is 39.5 Å². The monoisotopic (exact) mass is 461 g/mol. The van der Waals surface area contributed by atoms with E-state index in [9.17, 15) is 9.59 Å². The molecule has 4 rings (SSSR count). The van der Waals surface area contributed by atoms with E-state index in [0.717, 1.165) is 14.7 Å². The molecule has 0 N–H and O–H groups in total. The molecule has 3 aromatic rings. The number of aromatic nitrogens is 1. The summed E-state index contributed by atoms with van der Waals surface area (Å²) < 4.78 is 14.1. The molecule has 0 aliphatic carbocycles. The second-order valence-electron chi connectivity index (χ2n) is 6.06. The predicted molar refractivity (Wildman–Crippen MR) is 107 cm³/mol. The fourth-order valence-electron chi connectivity index (χ4n) is 3.27. The Morgan fingerprint density at radius 1 is 1.31 bits per heavy atom. The van der Waals surface area contributed by atoms with Crippen molar-refractivity contribution in [1.82, 2.24) is 4.57 Å². The van der Waals surface area contributed by atoms with Gasteiger partial charge in [0, 0.05) is 9.77 Å². The van der Waals surface area contributed by atoms with Gasteiger partial charge in [-0.15, -0.1) is 0 Å². The summed E-state index contributed by atoms with van der Waals surface area (Å²) >= 11 is 2.15. The van der Waals surface area contributed by atoms with Gasteiger partial charge < -0.3 is 14.0 Å². The molecule has 2 aromatic carbocycles. The lowest BCUT2D eigenvalue weighted by Gasteiger charge is -2.29. The number of pyridine rings is 1. The lowest BCUT2D eigenvalue weighted by Crippen LogP contribution is -2.27. The Bertz CT molecular complexity index is 1060. The minimum absolute atomic E-state index is 0.0565. The molecular weight excluding hydrogens is 445 g/mol. The molecule has 0 saturated carbocycles. The Kier molecular flexibility index (Phi) is 4.44. The molecule has 1 unspecified atom stereocenters. The molecule has 1 aliphatic rings. The summed E-state index contributed by atoms with van der Waals surface area (Å²) in [5.41, 5.74) is 1.49. The van der Waals surface area contributed by atoms with E-state index < -0.39 is 5.97 Å². The zero-order valence-electron chi connectivity index (χ0n) is 14.1. The van der Waals surface area contributed by atoms with Crippen LogP contribution in [0.1, 0.15) is 28.9 Å². The van der Waals surface area contributed by atoms with Gasteiger partial charge in [-0.3, -0.25) is 4.79 Å². The number of carbonyl (C=O) groups excluding carboxylic acids is 1. The third-order valence-corrected chi connectivity index (χ3v) is 5.02. The number of nitrogens with zero attached hydrogens (tertiary/aromatic N) is 1. The lowest BCUT2D eigenvalue weighted by molar-refractivity contribution is 0.0523. The summed E-state index contributed by atoms with van der Waals surface area (Å²) in [6.45, 7) is 2.46. The Morgan fingerprint density at radius 3 is 2.81 bits per heavy atom. The largest absolute Gasteiger partial charge is 0.482 e. The van der Waals surface area contributed by atoms with E-state index in [0.29, 0.717) is 17.7 Å². The van der Waals surface area contributed by atoms with Gasteiger partial charge in [-0.05, 0) is 47.2 Å². The first-order chi connectivity index (χ1) is 12.6. The van der Waals surface area contributed by atoms with Crippen LogP contribution in [0, 0.1) is 3.57 Å². The molecule has 0 radical (unpaired) electrons. The number of esters is 1. The second-order valence-corrected chi connectivity index (χ2v) is 7.31. The Morgan fingerprint density at radius 2 is 2.08 bits per heavy atom. The number of benzene rings is 2. The van der Waals surface area contributed by atoms with E-state index in [1.807, 2.05) is 41.0 Å². The molecule has 5 nitrogen and oxygen atoms in total. The highest BCUT2D eigenvalue weighted by atomic mass is 127. The number of rotatable bonds is 3. The van der Waals surface area contributed by atoms with E-state index >= 15 is 0 Å². The van der Waals surface area contributed by atoms with Gasteiger partial charge in [0.25, 0.3) is 0 Å². The first-order valence-electron chi connectivity index (χ1n) is 8.34. The van der Waals surface area contributed by atoms with Crippen molar-refractivity contribution in [1.29, 1.82) is 0 Å². The molecule has 0 fully saturated rings. The van der Waals surface area contributed by atoms with Gasteiger partial charge in [-0.25, -0.2) is 4.79 Å². The lowest BCUT2D eigenvalue weighted by atomic mass is 10.0. The van der Waals surface area contributed by atoms with Crippen LogP contribution >= 0.6 is 22.6 Å². The number of hydrogen-bond donors (Lipinski definition) is 0. The van der Waals surface area contributed by atoms with Crippen molar-refractivity contribution in [2.75, 3.05) is 6.61 Å². The van der Waals surface area contributed by atoms with E-state index in [2.05, 4.69) is 22.6 Å². The van der Waals surface area contributed by atoms with Crippen LogP contribution in [0.25, 0.3) is 10.9 Å². The molecule has 6 heteroatoms. The standard InChI is InChI=1S/C20H16INO4/c1-2-25-20(24)15-10-22-11-17(12-6-4-3-5-7-12)26-16-9-13(21)8-14(18(16)22)19(15)23/h3-10,17H,2,11H2,1H3. The van der Waals surface area contributed by atoms with Crippen molar-refractivity contribution < 1.29 is 14.3 Å². The van der Waals surface area contributed by atoms with Crippen LogP contribution < -0.4 is 10.2 Å². The highest BCUT2D eigenvalue weighted by Gasteiger charge is 2.26. The van der Waals surface area contributed by atoms with Crippen LogP contribution in [0.5, 0.6) is 5.75 Å². The van der Waals surface area contributed by atoms with Crippen molar-refractivity contribution in [3.8, 4) is 5.75 Å². The van der Waals surface area contributed by atoms with E-state index in [4.69, 9.17) is 9.47 Å². The van der Waals surface area contributed by atoms with Gasteiger partial charge in [0.05, 0.1) is 24.1 Å². The van der Waals surface area contributed by atoms with E-state index in [-0.39, 0.29) is 23.7 Å². The maximum absolute atomic E-state index is 12.8. The maximum Gasteiger partial charge on any atom is 0.343 e. The fraction of sp³-hybridized carbons (Fsp3) is 0.200. The summed E-state index contributed by atoms with van der Waals surface area (Å²) in [4.78, 5) is 25.1. The first kappa shape index (κ1) is 17.1. The van der Waals surface area contributed by atoms with Crippen LogP contribution in [0.2, 0.25) is 0 Å². The first-order valence-corrected chi connectivity index (χ1v) is 9.41. The summed E-state index contributed by atoms with van der Waals surface area (Å²) in [5, 5.41) is 0.476. The van der Waals surface area contributed by atoms with E-state index in [1.165, 1.54) is 0 Å². The molecule has 1 aliphatic heterocycles. The molecule has 0 saturated heterocycles. The van der Waals surface area contributed by atoms with Crippen molar-refractivity contribution in [2.45, 2.75) is 19.6 Å². The van der Waals surface area contributed by atoms with Gasteiger partial charge in [0.1, 0.15) is 17.4 Å². The highest BCUT2D eigenvalue weighted by Crippen LogP contribution is 2.36. The second kappa shape index (κ2) is 6.75. The zero-order valence-corrected chi connectivity index (χ0v) is 16.2. The number of ether oxygens (including phenoxy) is 2. The molecule has 0 amide bonds. The third kappa shape index (κ3) is 2.88. The summed E-state index contributed by atoms with van der Waals surface area (Å²) in [7, 11) is 0. The molecule has 1 aromatic heterocycles. The van der Waals surface area contributed by atoms with Gasteiger partial charge >= 0.3 is 5.97 Å². The van der Waals surface area contributed by atoms with E-state index in [1.54, 1.807) is 19.2 Å². The number of halogens is 1. The predicted octanol–water partition coefficient (Wildman–Crippen LogP) is 3.92. The molecule has 132 valence electrons.